The summed E-state index contributed by atoms with van der Waals surface area (Å²) in [5, 5.41) is 0. The predicted octanol–water partition coefficient (Wildman–Crippen LogP) is 5.05. The van der Waals surface area contributed by atoms with Crippen LogP contribution in [0.5, 0.6) is 11.5 Å². The molecule has 2 nitrogen and oxygen atoms in total. The summed E-state index contributed by atoms with van der Waals surface area (Å²) in [7, 11) is 3.41. The molecule has 0 saturated carbocycles. The van der Waals surface area contributed by atoms with E-state index in [4.69, 9.17) is 9.47 Å². The molecule has 2 aromatic rings. The molecule has 0 N–H and O–H groups in total. The van der Waals surface area contributed by atoms with Gasteiger partial charge in [-0.25, -0.2) is 0 Å². The Bertz CT molecular complexity index is 644. The number of allylic oxidation sites excluding steroid dienone is 1. The van der Waals surface area contributed by atoms with Gasteiger partial charge in [-0.1, -0.05) is 31.6 Å². The quantitative estimate of drug-likeness (QED) is 0.665. The molecular weight excluding hydrogens is 272 g/mol. The highest BCUT2D eigenvalue weighted by molar-refractivity contribution is 5.72. The number of methoxy groups -OCH3 is 2. The molecule has 2 rings (SSSR count). The number of ether oxygens (including phenoxy) is 2. The summed E-state index contributed by atoms with van der Waals surface area (Å²) in [5.74, 6) is 1.79. The highest BCUT2D eigenvalue weighted by atomic mass is 16.5. The first-order valence-electron chi connectivity index (χ1n) is 7.68. The molecule has 0 aliphatic rings. The summed E-state index contributed by atoms with van der Waals surface area (Å²) in [4.78, 5) is 0. The van der Waals surface area contributed by atoms with Gasteiger partial charge in [-0.05, 0) is 53.8 Å². The van der Waals surface area contributed by atoms with Gasteiger partial charge in [0.05, 0.1) is 14.2 Å². The van der Waals surface area contributed by atoms with E-state index in [-0.39, 0.29) is 0 Å². The Morgan fingerprint density at radius 1 is 1.00 bits per heavy atom. The van der Waals surface area contributed by atoms with Gasteiger partial charge in [-0.3, -0.25) is 0 Å². The van der Waals surface area contributed by atoms with E-state index in [1.54, 1.807) is 14.2 Å². The maximum atomic E-state index is 5.54. The molecule has 0 fully saturated rings. The Kier molecular flexibility index (Phi) is 5.65. The maximum absolute atomic E-state index is 5.54. The minimum absolute atomic E-state index is 0.786. The van der Waals surface area contributed by atoms with Crippen molar-refractivity contribution in [2.24, 2.45) is 0 Å². The standard InChI is InChI=1S/C20H24O2/c1-5-7-15-9-11-20(22-4)18(13-15)16-10-12-19(21-3)17(14-16)8-6-2/h6,9-14H,2,5,7-8H2,1,3-4H3. The van der Waals surface area contributed by atoms with Crippen LogP contribution in [-0.4, -0.2) is 14.2 Å². The number of hydrogen-bond acceptors (Lipinski definition) is 2. The van der Waals surface area contributed by atoms with Crippen LogP contribution in [-0.2, 0) is 12.8 Å². The zero-order chi connectivity index (χ0) is 15.9. The van der Waals surface area contributed by atoms with E-state index in [9.17, 15) is 0 Å². The maximum Gasteiger partial charge on any atom is 0.126 e. The van der Waals surface area contributed by atoms with Crippen molar-refractivity contribution in [3.8, 4) is 22.6 Å². The van der Waals surface area contributed by atoms with Crippen LogP contribution in [0.3, 0.4) is 0 Å². The van der Waals surface area contributed by atoms with E-state index in [1.807, 2.05) is 12.1 Å². The van der Waals surface area contributed by atoms with Crippen molar-refractivity contribution in [3.05, 3.63) is 60.2 Å². The van der Waals surface area contributed by atoms with Gasteiger partial charge in [0.15, 0.2) is 0 Å². The normalized spacial score (nSPS) is 10.3. The molecule has 0 bridgehead atoms. The van der Waals surface area contributed by atoms with Crippen LogP contribution in [0.15, 0.2) is 49.1 Å². The second-order valence-electron chi connectivity index (χ2n) is 5.30. The highest BCUT2D eigenvalue weighted by Gasteiger charge is 2.10. The lowest BCUT2D eigenvalue weighted by Crippen LogP contribution is -1.94. The monoisotopic (exact) mass is 296 g/mol. The van der Waals surface area contributed by atoms with Crippen molar-refractivity contribution in [1.82, 2.24) is 0 Å². The third-order valence-corrected chi connectivity index (χ3v) is 3.76. The van der Waals surface area contributed by atoms with Gasteiger partial charge < -0.3 is 9.47 Å². The molecule has 0 amide bonds. The molecule has 0 saturated heterocycles. The molecule has 22 heavy (non-hydrogen) atoms. The van der Waals surface area contributed by atoms with Gasteiger partial charge >= 0.3 is 0 Å². The van der Waals surface area contributed by atoms with Crippen molar-refractivity contribution in [2.45, 2.75) is 26.2 Å². The smallest absolute Gasteiger partial charge is 0.126 e. The van der Waals surface area contributed by atoms with Gasteiger partial charge in [0.2, 0.25) is 0 Å². The average molecular weight is 296 g/mol. The molecule has 0 spiro atoms. The highest BCUT2D eigenvalue weighted by Crippen LogP contribution is 2.34. The second-order valence-corrected chi connectivity index (χ2v) is 5.30. The van der Waals surface area contributed by atoms with E-state index in [0.717, 1.165) is 47.5 Å². The van der Waals surface area contributed by atoms with Crippen LogP contribution in [0.1, 0.15) is 24.5 Å². The van der Waals surface area contributed by atoms with Gasteiger partial charge in [0.25, 0.3) is 0 Å². The Balaban J connectivity index is 2.51. The number of rotatable bonds is 7. The van der Waals surface area contributed by atoms with Crippen LogP contribution >= 0.6 is 0 Å². The molecule has 2 aromatic carbocycles. The van der Waals surface area contributed by atoms with Gasteiger partial charge in [-0.15, -0.1) is 6.58 Å². The molecule has 2 heteroatoms. The zero-order valence-electron chi connectivity index (χ0n) is 13.7. The van der Waals surface area contributed by atoms with E-state index >= 15 is 0 Å². The first kappa shape index (κ1) is 16.2. The molecule has 0 atom stereocenters. The van der Waals surface area contributed by atoms with Gasteiger partial charge in [0.1, 0.15) is 11.5 Å². The first-order valence-corrected chi connectivity index (χ1v) is 7.68. The lowest BCUT2D eigenvalue weighted by Gasteiger charge is -2.14. The van der Waals surface area contributed by atoms with Crippen molar-refractivity contribution < 1.29 is 9.47 Å². The topological polar surface area (TPSA) is 18.5 Å². The zero-order valence-corrected chi connectivity index (χ0v) is 13.7. The Morgan fingerprint density at radius 3 is 2.36 bits per heavy atom. The molecule has 116 valence electrons. The SMILES string of the molecule is C=CCc1cc(-c2cc(CCC)ccc2OC)ccc1OC. The van der Waals surface area contributed by atoms with E-state index in [2.05, 4.69) is 43.8 Å². The summed E-state index contributed by atoms with van der Waals surface area (Å²) in [5.41, 5.74) is 4.74. The van der Waals surface area contributed by atoms with E-state index in [1.165, 1.54) is 5.56 Å². The van der Waals surface area contributed by atoms with E-state index < -0.39 is 0 Å². The number of aryl methyl sites for hydroxylation is 1. The number of benzene rings is 2. The average Bonchev–Trinajstić information content (AvgIpc) is 2.55. The van der Waals surface area contributed by atoms with Crippen LogP contribution < -0.4 is 9.47 Å². The minimum Gasteiger partial charge on any atom is -0.496 e. The van der Waals surface area contributed by atoms with Crippen LogP contribution in [0, 0.1) is 0 Å². The molecule has 0 aromatic heterocycles. The summed E-state index contributed by atoms with van der Waals surface area (Å²) in [6.45, 7) is 6.02. The second kappa shape index (κ2) is 7.69. The Labute approximate surface area is 133 Å². The third kappa shape index (κ3) is 3.51. The Hall–Kier alpha value is -2.22. The van der Waals surface area contributed by atoms with Crippen LogP contribution in [0.2, 0.25) is 0 Å². The van der Waals surface area contributed by atoms with Crippen molar-refractivity contribution in [3.63, 3.8) is 0 Å². The predicted molar refractivity (Wildman–Crippen MR) is 92.9 cm³/mol. The molecule has 0 heterocycles. The molecule has 0 aliphatic heterocycles. The van der Waals surface area contributed by atoms with Crippen LogP contribution in [0.4, 0.5) is 0 Å². The summed E-state index contributed by atoms with van der Waals surface area (Å²) < 4.78 is 11.0. The lowest BCUT2D eigenvalue weighted by atomic mass is 9.97. The van der Waals surface area contributed by atoms with Gasteiger partial charge in [-0.2, -0.15) is 0 Å². The molecule has 0 radical (unpaired) electrons. The fraction of sp³-hybridized carbons (Fsp3) is 0.300. The lowest BCUT2D eigenvalue weighted by molar-refractivity contribution is 0.410. The third-order valence-electron chi connectivity index (χ3n) is 3.76. The minimum atomic E-state index is 0.786. The fourth-order valence-corrected chi connectivity index (χ4v) is 2.69. The van der Waals surface area contributed by atoms with Crippen molar-refractivity contribution in [1.29, 1.82) is 0 Å². The van der Waals surface area contributed by atoms with Crippen molar-refractivity contribution in [2.75, 3.05) is 14.2 Å². The molecule has 0 aliphatic carbocycles. The summed E-state index contributed by atoms with van der Waals surface area (Å²) >= 11 is 0. The summed E-state index contributed by atoms with van der Waals surface area (Å²) in [6.07, 6.45) is 4.89. The number of hydrogen-bond donors (Lipinski definition) is 0. The van der Waals surface area contributed by atoms with E-state index in [0.29, 0.717) is 0 Å². The molecule has 0 unspecified atom stereocenters. The van der Waals surface area contributed by atoms with Crippen LogP contribution in [0.25, 0.3) is 11.1 Å². The summed E-state index contributed by atoms with van der Waals surface area (Å²) in [6, 6.07) is 12.7. The Morgan fingerprint density at radius 2 is 1.73 bits per heavy atom. The first-order chi connectivity index (χ1) is 10.7. The fourth-order valence-electron chi connectivity index (χ4n) is 2.69. The van der Waals surface area contributed by atoms with Gasteiger partial charge in [0, 0.05) is 5.56 Å². The van der Waals surface area contributed by atoms with Crippen molar-refractivity contribution >= 4 is 0 Å². The largest absolute Gasteiger partial charge is 0.496 e. The molecular formula is C20H24O2.